The Morgan fingerprint density at radius 2 is 1.90 bits per heavy atom. The van der Waals surface area contributed by atoms with E-state index in [1.165, 1.54) is 6.42 Å². The van der Waals surface area contributed by atoms with Gasteiger partial charge in [0.1, 0.15) is 0 Å². The smallest absolute Gasteiger partial charge is 0.242 e. The molecule has 112 valence electrons. The van der Waals surface area contributed by atoms with E-state index >= 15 is 0 Å². The Morgan fingerprint density at radius 1 is 1.20 bits per heavy atom. The van der Waals surface area contributed by atoms with Gasteiger partial charge in [-0.15, -0.1) is 0 Å². The minimum absolute atomic E-state index is 0.0966. The average molecular weight is 297 g/mol. The highest BCUT2D eigenvalue weighted by Crippen LogP contribution is 2.37. The lowest BCUT2D eigenvalue weighted by atomic mass is 9.96. The second-order valence-electron chi connectivity index (χ2n) is 5.97. The number of nitrogens with one attached hydrogen (secondary N) is 1. The molecule has 0 saturated heterocycles. The van der Waals surface area contributed by atoms with Crippen LogP contribution in [-0.4, -0.2) is 19.0 Å². The van der Waals surface area contributed by atoms with Crippen molar-refractivity contribution in [1.29, 1.82) is 0 Å². The van der Waals surface area contributed by atoms with E-state index in [0.717, 1.165) is 44.2 Å². The molecule has 5 nitrogen and oxygen atoms in total. The summed E-state index contributed by atoms with van der Waals surface area (Å²) in [4.78, 5) is 0.371. The summed E-state index contributed by atoms with van der Waals surface area (Å²) in [6.07, 6.45) is 9.35. The van der Waals surface area contributed by atoms with Crippen LogP contribution in [0.15, 0.2) is 17.2 Å². The molecular formula is C14H23N3O2S. The fraction of sp³-hybridized carbons (Fsp3) is 0.714. The van der Waals surface area contributed by atoms with E-state index in [-0.39, 0.29) is 6.04 Å². The van der Waals surface area contributed by atoms with E-state index in [2.05, 4.69) is 4.72 Å². The third-order valence-corrected chi connectivity index (χ3v) is 5.78. The predicted molar refractivity (Wildman–Crippen MR) is 77.8 cm³/mol. The molecule has 0 unspecified atom stereocenters. The summed E-state index contributed by atoms with van der Waals surface area (Å²) >= 11 is 0. The maximum absolute atomic E-state index is 12.5. The highest BCUT2D eigenvalue weighted by Gasteiger charge is 2.29. The molecule has 0 radical (unpaired) electrons. The van der Waals surface area contributed by atoms with Gasteiger partial charge in [-0.25, -0.2) is 13.1 Å². The molecule has 0 atom stereocenters. The van der Waals surface area contributed by atoms with E-state index in [9.17, 15) is 8.42 Å². The van der Waals surface area contributed by atoms with Crippen molar-refractivity contribution in [3.8, 4) is 0 Å². The van der Waals surface area contributed by atoms with Crippen LogP contribution in [-0.2, 0) is 16.6 Å². The van der Waals surface area contributed by atoms with Crippen LogP contribution in [0.2, 0.25) is 0 Å². The van der Waals surface area contributed by atoms with Crippen LogP contribution in [0.4, 0.5) is 0 Å². The molecule has 2 fully saturated rings. The largest absolute Gasteiger partial charge is 0.346 e. The molecule has 1 aromatic heterocycles. The number of rotatable bonds is 5. The molecule has 0 spiro atoms. The van der Waals surface area contributed by atoms with Crippen molar-refractivity contribution in [2.45, 2.75) is 68.5 Å². The van der Waals surface area contributed by atoms with Gasteiger partial charge in [0.15, 0.2) is 0 Å². The van der Waals surface area contributed by atoms with Crippen molar-refractivity contribution in [3.05, 3.63) is 18.0 Å². The van der Waals surface area contributed by atoms with Gasteiger partial charge in [0.05, 0.1) is 4.90 Å². The number of nitrogens with two attached hydrogens (primary N) is 1. The molecule has 2 saturated carbocycles. The van der Waals surface area contributed by atoms with Crippen LogP contribution in [0.5, 0.6) is 0 Å². The lowest BCUT2D eigenvalue weighted by Crippen LogP contribution is -2.36. The topological polar surface area (TPSA) is 77.1 Å². The third kappa shape index (κ3) is 2.92. The first kappa shape index (κ1) is 14.1. The zero-order chi connectivity index (χ0) is 14.2. The van der Waals surface area contributed by atoms with Gasteiger partial charge in [-0.2, -0.15) is 0 Å². The first-order chi connectivity index (χ1) is 9.60. The van der Waals surface area contributed by atoms with E-state index in [1.54, 1.807) is 12.3 Å². The van der Waals surface area contributed by atoms with Crippen LogP contribution in [0.1, 0.15) is 56.7 Å². The zero-order valence-electron chi connectivity index (χ0n) is 11.7. The molecule has 0 aliphatic heterocycles. The Morgan fingerprint density at radius 3 is 2.50 bits per heavy atom. The summed E-state index contributed by atoms with van der Waals surface area (Å²) in [5.74, 6) is 0. The molecule has 0 amide bonds. The Balaban J connectivity index is 1.79. The normalized spacial score (nSPS) is 21.2. The Bertz CT molecular complexity index is 569. The molecule has 20 heavy (non-hydrogen) atoms. The van der Waals surface area contributed by atoms with Crippen molar-refractivity contribution in [3.63, 3.8) is 0 Å². The van der Waals surface area contributed by atoms with Crippen molar-refractivity contribution in [2.24, 2.45) is 5.73 Å². The van der Waals surface area contributed by atoms with Gasteiger partial charge in [-0.3, -0.25) is 0 Å². The van der Waals surface area contributed by atoms with E-state index in [4.69, 9.17) is 5.73 Å². The zero-order valence-corrected chi connectivity index (χ0v) is 12.5. The number of hydrogen-bond donors (Lipinski definition) is 2. The van der Waals surface area contributed by atoms with Gasteiger partial charge in [0, 0.05) is 30.5 Å². The summed E-state index contributed by atoms with van der Waals surface area (Å²) in [7, 11) is -3.40. The molecular weight excluding hydrogens is 274 g/mol. The second kappa shape index (κ2) is 5.50. The molecule has 3 N–H and O–H groups in total. The van der Waals surface area contributed by atoms with Crippen LogP contribution in [0, 0.1) is 0 Å². The van der Waals surface area contributed by atoms with Crippen LogP contribution >= 0.6 is 0 Å². The molecule has 2 aliphatic carbocycles. The number of sulfonamides is 1. The van der Waals surface area contributed by atoms with Gasteiger partial charge < -0.3 is 10.3 Å². The Kier molecular flexibility index (Phi) is 3.88. The highest BCUT2D eigenvalue weighted by molar-refractivity contribution is 7.89. The minimum atomic E-state index is -3.40. The van der Waals surface area contributed by atoms with Gasteiger partial charge in [0.25, 0.3) is 0 Å². The van der Waals surface area contributed by atoms with Gasteiger partial charge in [-0.05, 0) is 31.7 Å². The third-order valence-electron chi connectivity index (χ3n) is 4.29. The lowest BCUT2D eigenvalue weighted by Gasteiger charge is -2.22. The van der Waals surface area contributed by atoms with Gasteiger partial charge in [0.2, 0.25) is 10.0 Å². The SMILES string of the molecule is NCc1cc(S(=O)(=O)NC2CCCCC2)cn1C1CC1. The maximum Gasteiger partial charge on any atom is 0.242 e. The molecule has 0 aromatic carbocycles. The predicted octanol–water partition coefficient (Wildman–Crippen LogP) is 1.89. The van der Waals surface area contributed by atoms with E-state index < -0.39 is 10.0 Å². The Hall–Kier alpha value is -0.850. The monoisotopic (exact) mass is 297 g/mol. The van der Waals surface area contributed by atoms with Crippen molar-refractivity contribution in [1.82, 2.24) is 9.29 Å². The van der Waals surface area contributed by atoms with E-state index in [0.29, 0.717) is 17.5 Å². The van der Waals surface area contributed by atoms with Gasteiger partial charge >= 0.3 is 0 Å². The summed E-state index contributed by atoms with van der Waals surface area (Å²) < 4.78 is 29.8. The maximum atomic E-state index is 12.5. The molecule has 0 bridgehead atoms. The summed E-state index contributed by atoms with van der Waals surface area (Å²) in [6.45, 7) is 0.384. The first-order valence-electron chi connectivity index (χ1n) is 7.53. The fourth-order valence-electron chi connectivity index (χ4n) is 3.01. The lowest BCUT2D eigenvalue weighted by molar-refractivity contribution is 0.412. The second-order valence-corrected chi connectivity index (χ2v) is 7.68. The summed E-state index contributed by atoms with van der Waals surface area (Å²) in [6, 6.07) is 2.27. The van der Waals surface area contributed by atoms with Crippen LogP contribution < -0.4 is 10.5 Å². The molecule has 3 rings (SSSR count). The van der Waals surface area contributed by atoms with Crippen molar-refractivity contribution < 1.29 is 8.42 Å². The number of aromatic nitrogens is 1. The molecule has 1 heterocycles. The Labute approximate surface area is 120 Å². The quantitative estimate of drug-likeness (QED) is 0.871. The minimum Gasteiger partial charge on any atom is -0.346 e. The molecule has 1 aromatic rings. The van der Waals surface area contributed by atoms with Crippen molar-refractivity contribution >= 4 is 10.0 Å². The summed E-state index contributed by atoms with van der Waals surface area (Å²) in [5, 5.41) is 0. The molecule has 6 heteroatoms. The van der Waals surface area contributed by atoms with E-state index in [1.807, 2.05) is 4.57 Å². The van der Waals surface area contributed by atoms with Crippen LogP contribution in [0.25, 0.3) is 0 Å². The highest BCUT2D eigenvalue weighted by atomic mass is 32.2. The van der Waals surface area contributed by atoms with Crippen LogP contribution in [0.3, 0.4) is 0 Å². The fourth-order valence-corrected chi connectivity index (χ4v) is 4.36. The average Bonchev–Trinajstić information content (AvgIpc) is 3.18. The standard InChI is InChI=1S/C14H23N3O2S/c15-9-13-8-14(10-17(13)12-6-7-12)20(18,19)16-11-4-2-1-3-5-11/h8,10-12,16H,1-7,9,15H2. The van der Waals surface area contributed by atoms with Crippen molar-refractivity contribution in [2.75, 3.05) is 0 Å². The molecule has 2 aliphatic rings. The number of nitrogens with zero attached hydrogens (tertiary/aromatic N) is 1. The number of hydrogen-bond acceptors (Lipinski definition) is 3. The van der Waals surface area contributed by atoms with Gasteiger partial charge in [-0.1, -0.05) is 19.3 Å². The first-order valence-corrected chi connectivity index (χ1v) is 9.01. The summed E-state index contributed by atoms with van der Waals surface area (Å²) in [5.41, 5.74) is 6.63.